The molecule has 0 saturated heterocycles. The molecule has 3 heteroatoms. The predicted octanol–water partition coefficient (Wildman–Crippen LogP) is 13.8. The Morgan fingerprint density at radius 1 is 0.456 bits per heavy atom. The van der Waals surface area contributed by atoms with Crippen molar-refractivity contribution < 1.29 is 0 Å². The van der Waals surface area contributed by atoms with Crippen LogP contribution in [0.3, 0.4) is 0 Å². The van der Waals surface area contributed by atoms with Crippen LogP contribution in [0.5, 0.6) is 0 Å². The minimum absolute atomic E-state index is 0.211. The molecule has 2 atom stereocenters. The van der Waals surface area contributed by atoms with Crippen LogP contribution in [0, 0.1) is 0 Å². The molecule has 0 spiro atoms. The van der Waals surface area contributed by atoms with Crippen molar-refractivity contribution in [2.24, 2.45) is 0 Å². The maximum Gasteiger partial charge on any atom is 0.0629 e. The van der Waals surface area contributed by atoms with Crippen LogP contribution in [0.2, 0.25) is 0 Å². The Bertz CT molecular complexity index is 3140. The van der Waals surface area contributed by atoms with E-state index < -0.39 is 0 Å². The van der Waals surface area contributed by atoms with Crippen molar-refractivity contribution in [2.75, 3.05) is 4.90 Å². The fourth-order valence-electron chi connectivity index (χ4n) is 9.95. The van der Waals surface area contributed by atoms with Gasteiger partial charge in [-0.05, 0) is 131 Å². The Morgan fingerprint density at radius 3 is 1.88 bits per heavy atom. The van der Waals surface area contributed by atoms with E-state index in [0.29, 0.717) is 5.92 Å². The fraction of sp³-hybridized carbons (Fsp3) is 0.0741. The van der Waals surface area contributed by atoms with Gasteiger partial charge in [0.15, 0.2) is 0 Å². The van der Waals surface area contributed by atoms with Crippen molar-refractivity contribution in [3.63, 3.8) is 0 Å². The minimum atomic E-state index is 0.211. The summed E-state index contributed by atoms with van der Waals surface area (Å²) >= 11 is 0. The zero-order valence-corrected chi connectivity index (χ0v) is 31.5. The molecule has 270 valence electrons. The molecule has 3 nitrogen and oxygen atoms in total. The van der Waals surface area contributed by atoms with Gasteiger partial charge in [0, 0.05) is 50.5 Å². The van der Waals surface area contributed by atoms with Crippen LogP contribution in [0.4, 0.5) is 11.4 Å². The number of fused-ring (bicyclic) bond motifs is 9. The standard InChI is InChI=1S/C54H39N3/c1-3-15-40(16-4-1)55-51-25-13-9-21-45(51)47-34-36(27-29-53(47)55)38-31-39(33-42(32-38)57-49-23-11-7-19-43(49)44-20-8-12-24-50(44)57)37-28-30-54-48(35-37)46-22-10-14-26-52(46)56(54)41-17-5-2-6-18-41/h1-9,11-21,23-35,43,49H,10,22H2. The molecule has 0 fully saturated rings. The third-order valence-electron chi connectivity index (χ3n) is 12.5. The van der Waals surface area contributed by atoms with Crippen molar-refractivity contribution >= 4 is 50.2 Å². The Balaban J connectivity index is 1.08. The molecule has 2 unspecified atom stereocenters. The molecule has 0 bridgehead atoms. The molecule has 3 heterocycles. The van der Waals surface area contributed by atoms with Gasteiger partial charge in [0.2, 0.25) is 0 Å². The van der Waals surface area contributed by atoms with Gasteiger partial charge >= 0.3 is 0 Å². The van der Waals surface area contributed by atoms with Crippen LogP contribution in [0.1, 0.15) is 29.2 Å². The molecule has 9 aromatic rings. The maximum absolute atomic E-state index is 2.57. The van der Waals surface area contributed by atoms with Crippen LogP contribution < -0.4 is 4.90 Å². The van der Waals surface area contributed by atoms with Crippen molar-refractivity contribution in [1.29, 1.82) is 0 Å². The third kappa shape index (κ3) is 4.98. The van der Waals surface area contributed by atoms with E-state index in [0.717, 1.165) is 12.8 Å². The van der Waals surface area contributed by atoms with Gasteiger partial charge in [-0.25, -0.2) is 0 Å². The second-order valence-electron chi connectivity index (χ2n) is 15.6. The molecule has 57 heavy (non-hydrogen) atoms. The van der Waals surface area contributed by atoms with Gasteiger partial charge in [-0.2, -0.15) is 0 Å². The number of para-hydroxylation sites is 4. The highest BCUT2D eigenvalue weighted by atomic mass is 15.2. The van der Waals surface area contributed by atoms with Gasteiger partial charge in [0.05, 0.1) is 22.6 Å². The Hall–Kier alpha value is -7.10. The average Bonchev–Trinajstić information content (AvgIpc) is 3.92. The number of allylic oxidation sites excluding steroid dienone is 3. The monoisotopic (exact) mass is 729 g/mol. The number of aryl methyl sites for hydroxylation is 1. The molecular weight excluding hydrogens is 691 g/mol. The summed E-state index contributed by atoms with van der Waals surface area (Å²) in [5.41, 5.74) is 17.6. The first-order chi connectivity index (χ1) is 28.3. The van der Waals surface area contributed by atoms with Gasteiger partial charge in [0.25, 0.3) is 0 Å². The number of aromatic nitrogens is 2. The molecule has 3 aliphatic rings. The number of anilines is 2. The highest BCUT2D eigenvalue weighted by Gasteiger charge is 2.37. The zero-order chi connectivity index (χ0) is 37.5. The van der Waals surface area contributed by atoms with E-state index >= 15 is 0 Å². The van der Waals surface area contributed by atoms with E-state index in [9.17, 15) is 0 Å². The molecule has 12 rings (SSSR count). The van der Waals surface area contributed by atoms with Gasteiger partial charge in [-0.15, -0.1) is 0 Å². The molecular formula is C54H39N3. The van der Waals surface area contributed by atoms with Crippen molar-refractivity contribution in [3.05, 3.63) is 211 Å². The second-order valence-corrected chi connectivity index (χ2v) is 15.6. The highest BCUT2D eigenvalue weighted by Crippen LogP contribution is 2.49. The summed E-state index contributed by atoms with van der Waals surface area (Å²) in [6.07, 6.45) is 15.9. The minimum Gasteiger partial charge on any atom is -0.333 e. The normalized spacial score (nSPS) is 16.7. The van der Waals surface area contributed by atoms with Gasteiger partial charge in [-0.1, -0.05) is 115 Å². The molecule has 0 radical (unpaired) electrons. The van der Waals surface area contributed by atoms with E-state index in [1.54, 1.807) is 0 Å². The van der Waals surface area contributed by atoms with Gasteiger partial charge < -0.3 is 14.0 Å². The molecule has 2 aromatic heterocycles. The maximum atomic E-state index is 2.57. The summed E-state index contributed by atoms with van der Waals surface area (Å²) in [5.74, 6) is 0.312. The lowest BCUT2D eigenvalue weighted by molar-refractivity contribution is 0.745. The molecule has 7 aromatic carbocycles. The molecule has 0 N–H and O–H groups in total. The number of rotatable bonds is 5. The van der Waals surface area contributed by atoms with Crippen LogP contribution in [-0.4, -0.2) is 15.2 Å². The second kappa shape index (κ2) is 12.7. The number of benzene rings is 7. The Kier molecular flexibility index (Phi) is 7.18. The van der Waals surface area contributed by atoms with Crippen molar-refractivity contribution in [3.8, 4) is 33.6 Å². The smallest absolute Gasteiger partial charge is 0.0629 e. The van der Waals surface area contributed by atoms with Gasteiger partial charge in [-0.3, -0.25) is 0 Å². The summed E-state index contributed by atoms with van der Waals surface area (Å²) in [5, 5.41) is 3.86. The van der Waals surface area contributed by atoms with E-state index in [1.165, 1.54) is 94.5 Å². The average molecular weight is 730 g/mol. The summed E-state index contributed by atoms with van der Waals surface area (Å²) in [7, 11) is 0. The number of nitrogens with zero attached hydrogens (tertiary/aromatic N) is 3. The van der Waals surface area contributed by atoms with Gasteiger partial charge in [0.1, 0.15) is 0 Å². The molecule has 0 amide bonds. The van der Waals surface area contributed by atoms with E-state index in [2.05, 4.69) is 214 Å². The van der Waals surface area contributed by atoms with Crippen LogP contribution in [0.25, 0.3) is 72.4 Å². The van der Waals surface area contributed by atoms with E-state index in [4.69, 9.17) is 0 Å². The summed E-state index contributed by atoms with van der Waals surface area (Å²) in [4.78, 5) is 2.57. The highest BCUT2D eigenvalue weighted by molar-refractivity contribution is 6.10. The topological polar surface area (TPSA) is 13.1 Å². The van der Waals surface area contributed by atoms with Crippen LogP contribution in [0.15, 0.2) is 194 Å². The van der Waals surface area contributed by atoms with E-state index in [1.807, 2.05) is 0 Å². The van der Waals surface area contributed by atoms with Crippen LogP contribution >= 0.6 is 0 Å². The fourth-order valence-corrected chi connectivity index (χ4v) is 9.95. The summed E-state index contributed by atoms with van der Waals surface area (Å²) in [6, 6.07) is 61.0. The molecule has 1 aliphatic heterocycles. The largest absolute Gasteiger partial charge is 0.333 e. The number of hydrogen-bond acceptors (Lipinski definition) is 1. The Labute approximate surface area is 332 Å². The molecule has 2 aliphatic carbocycles. The predicted molar refractivity (Wildman–Crippen MR) is 239 cm³/mol. The lowest BCUT2D eigenvalue weighted by Gasteiger charge is -2.29. The zero-order valence-electron chi connectivity index (χ0n) is 31.5. The SMILES string of the molecule is C1=CC2c3ccccc3N(c3cc(-c4ccc5c(c4)c4c(n5-c5ccccc5)C=CCC4)cc(-c4ccc5c(c4)c4ccccc4n5-c4ccccc4)c3)C2C=C1. The quantitative estimate of drug-likeness (QED) is 0.172. The first kappa shape index (κ1) is 32.2. The van der Waals surface area contributed by atoms with E-state index in [-0.39, 0.29) is 6.04 Å². The van der Waals surface area contributed by atoms with Crippen LogP contribution in [-0.2, 0) is 6.42 Å². The summed E-state index contributed by atoms with van der Waals surface area (Å²) < 4.78 is 4.84. The first-order valence-corrected chi connectivity index (χ1v) is 20.2. The first-order valence-electron chi connectivity index (χ1n) is 20.2. The lowest BCUT2D eigenvalue weighted by Crippen LogP contribution is -2.28. The Morgan fingerprint density at radius 2 is 1.09 bits per heavy atom. The molecule has 0 saturated carbocycles. The van der Waals surface area contributed by atoms with Crippen molar-refractivity contribution in [1.82, 2.24) is 9.13 Å². The number of hydrogen-bond donors (Lipinski definition) is 0. The lowest BCUT2D eigenvalue weighted by atomic mass is 9.91. The van der Waals surface area contributed by atoms with Crippen molar-refractivity contribution in [2.45, 2.75) is 24.8 Å². The summed E-state index contributed by atoms with van der Waals surface area (Å²) in [6.45, 7) is 0. The third-order valence-corrected chi connectivity index (χ3v) is 12.5.